The van der Waals surface area contributed by atoms with Crippen molar-refractivity contribution in [3.05, 3.63) is 17.2 Å². The first-order valence-electron chi connectivity index (χ1n) is 3.35. The summed E-state index contributed by atoms with van der Waals surface area (Å²) >= 11 is 0. The van der Waals surface area contributed by atoms with E-state index in [4.69, 9.17) is 0 Å². The van der Waals surface area contributed by atoms with Gasteiger partial charge in [-0.2, -0.15) is 8.78 Å². The summed E-state index contributed by atoms with van der Waals surface area (Å²) in [5, 5.41) is 0. The lowest BCUT2D eigenvalue weighted by Crippen LogP contribution is -2.09. The summed E-state index contributed by atoms with van der Waals surface area (Å²) < 4.78 is 25.3. The molecule has 0 spiro atoms. The van der Waals surface area contributed by atoms with Gasteiger partial charge in [-0.05, 0) is 6.92 Å². The molecule has 3 nitrogen and oxygen atoms in total. The van der Waals surface area contributed by atoms with E-state index in [-0.39, 0.29) is 17.2 Å². The predicted octanol–water partition coefficient (Wildman–Crippen LogP) is 1.64. The molecule has 0 radical (unpaired) electrons. The molecular weight excluding hydrogens is 166 g/mol. The molecule has 0 aliphatic rings. The van der Waals surface area contributed by atoms with Gasteiger partial charge in [0.2, 0.25) is 0 Å². The number of hydrogen-bond acceptors (Lipinski definition) is 2. The van der Waals surface area contributed by atoms with Crippen molar-refractivity contribution in [1.29, 1.82) is 0 Å². The summed E-state index contributed by atoms with van der Waals surface area (Å²) in [6, 6.07) is 0. The monoisotopic (exact) mass is 174 g/mol. The number of H-pyrrole nitrogens is 1. The Kier molecular flexibility index (Phi) is 1.95. The third-order valence-electron chi connectivity index (χ3n) is 1.43. The van der Waals surface area contributed by atoms with Gasteiger partial charge in [-0.3, -0.25) is 4.79 Å². The van der Waals surface area contributed by atoms with Gasteiger partial charge in [0.05, 0.1) is 0 Å². The Labute approximate surface area is 67.8 Å². The maximum absolute atomic E-state index is 12.7. The number of aromatic nitrogens is 2. The van der Waals surface area contributed by atoms with Crippen molar-refractivity contribution in [1.82, 2.24) is 9.97 Å². The molecule has 12 heavy (non-hydrogen) atoms. The van der Waals surface area contributed by atoms with E-state index in [9.17, 15) is 13.6 Å². The summed E-state index contributed by atoms with van der Waals surface area (Å²) in [6.45, 7) is 2.19. The van der Waals surface area contributed by atoms with E-state index in [2.05, 4.69) is 9.97 Å². The first kappa shape index (κ1) is 8.83. The number of carbonyl (C=O) groups is 1. The van der Waals surface area contributed by atoms with Gasteiger partial charge in [-0.1, -0.05) is 0 Å². The molecule has 0 aromatic carbocycles. The van der Waals surface area contributed by atoms with E-state index in [1.165, 1.54) is 6.92 Å². The van der Waals surface area contributed by atoms with Crippen molar-refractivity contribution < 1.29 is 13.6 Å². The minimum atomic E-state index is -3.00. The lowest BCUT2D eigenvalue weighted by molar-refractivity contribution is 0.0125. The van der Waals surface area contributed by atoms with Crippen LogP contribution in [0.15, 0.2) is 0 Å². The molecule has 0 aliphatic heterocycles. The number of aryl methyl sites for hydroxylation is 1. The topological polar surface area (TPSA) is 45.8 Å². The Morgan fingerprint density at radius 2 is 2.17 bits per heavy atom. The van der Waals surface area contributed by atoms with Gasteiger partial charge < -0.3 is 4.98 Å². The molecule has 1 N–H and O–H groups in total. The van der Waals surface area contributed by atoms with Crippen LogP contribution < -0.4 is 0 Å². The summed E-state index contributed by atoms with van der Waals surface area (Å²) in [5.41, 5.74) is -0.144. The van der Waals surface area contributed by atoms with Crippen LogP contribution in [0.3, 0.4) is 0 Å². The van der Waals surface area contributed by atoms with Crippen molar-refractivity contribution in [2.24, 2.45) is 0 Å². The number of imidazole rings is 1. The number of halogens is 2. The van der Waals surface area contributed by atoms with E-state index in [0.29, 0.717) is 6.29 Å². The molecule has 0 amide bonds. The average Bonchev–Trinajstić information content (AvgIpc) is 2.29. The molecule has 5 heteroatoms. The molecule has 1 heterocycles. The van der Waals surface area contributed by atoms with Gasteiger partial charge in [0.25, 0.3) is 5.92 Å². The smallest absolute Gasteiger partial charge is 0.288 e. The molecule has 66 valence electrons. The molecule has 1 rings (SSSR count). The van der Waals surface area contributed by atoms with Crippen LogP contribution in [-0.4, -0.2) is 16.3 Å². The largest absolute Gasteiger partial charge is 0.339 e. The van der Waals surface area contributed by atoms with E-state index in [1.807, 2.05) is 0 Å². The van der Waals surface area contributed by atoms with Gasteiger partial charge in [0, 0.05) is 12.6 Å². The molecule has 1 aromatic heterocycles. The second-order valence-electron chi connectivity index (χ2n) is 2.60. The zero-order valence-corrected chi connectivity index (χ0v) is 6.69. The lowest BCUT2D eigenvalue weighted by Gasteiger charge is -2.06. The SMILES string of the molecule is Cc1[nH]c(C=O)nc1C(C)(F)F. The number of hydrogen-bond donors (Lipinski definition) is 1. The van der Waals surface area contributed by atoms with Crippen molar-refractivity contribution >= 4 is 6.29 Å². The number of aromatic amines is 1. The lowest BCUT2D eigenvalue weighted by atomic mass is 10.2. The summed E-state index contributed by atoms with van der Waals surface area (Å²) in [5.74, 6) is -3.06. The van der Waals surface area contributed by atoms with Crippen molar-refractivity contribution in [3.63, 3.8) is 0 Å². The second kappa shape index (κ2) is 2.66. The van der Waals surface area contributed by atoms with E-state index < -0.39 is 5.92 Å². The third kappa shape index (κ3) is 1.49. The van der Waals surface area contributed by atoms with Crippen LogP contribution in [0.25, 0.3) is 0 Å². The highest BCUT2D eigenvalue weighted by Gasteiger charge is 2.30. The van der Waals surface area contributed by atoms with Gasteiger partial charge in [-0.25, -0.2) is 4.98 Å². The van der Waals surface area contributed by atoms with E-state index >= 15 is 0 Å². The maximum Gasteiger partial charge on any atom is 0.288 e. The Hall–Kier alpha value is -1.26. The minimum absolute atomic E-state index is 0.0657. The van der Waals surface area contributed by atoms with Crippen LogP contribution in [0.5, 0.6) is 0 Å². The Morgan fingerprint density at radius 1 is 1.58 bits per heavy atom. The van der Waals surface area contributed by atoms with Crippen LogP contribution in [0, 0.1) is 6.92 Å². The molecule has 1 aromatic rings. The summed E-state index contributed by atoms with van der Waals surface area (Å²) in [4.78, 5) is 16.0. The number of rotatable bonds is 2. The molecular formula is C7H8F2N2O. The fourth-order valence-electron chi connectivity index (χ4n) is 0.967. The quantitative estimate of drug-likeness (QED) is 0.693. The maximum atomic E-state index is 12.7. The fourth-order valence-corrected chi connectivity index (χ4v) is 0.967. The zero-order chi connectivity index (χ0) is 9.35. The zero-order valence-electron chi connectivity index (χ0n) is 6.69. The first-order chi connectivity index (χ1) is 5.45. The van der Waals surface area contributed by atoms with Crippen molar-refractivity contribution in [2.75, 3.05) is 0 Å². The van der Waals surface area contributed by atoms with Crippen LogP contribution in [0.1, 0.15) is 28.9 Å². The summed E-state index contributed by atoms with van der Waals surface area (Å²) in [6.07, 6.45) is 0.405. The van der Waals surface area contributed by atoms with Crippen LogP contribution >= 0.6 is 0 Å². The molecule has 0 saturated heterocycles. The molecule has 0 atom stereocenters. The number of carbonyl (C=O) groups excluding carboxylic acids is 1. The first-order valence-corrected chi connectivity index (χ1v) is 3.35. The molecule has 0 unspecified atom stereocenters. The van der Waals surface area contributed by atoms with Crippen LogP contribution in [-0.2, 0) is 5.92 Å². The molecule has 0 bridgehead atoms. The Morgan fingerprint density at radius 3 is 2.42 bits per heavy atom. The summed E-state index contributed by atoms with van der Waals surface area (Å²) in [7, 11) is 0. The van der Waals surface area contributed by atoms with E-state index in [0.717, 1.165) is 6.92 Å². The third-order valence-corrected chi connectivity index (χ3v) is 1.43. The molecule has 0 saturated carbocycles. The van der Waals surface area contributed by atoms with Gasteiger partial charge in [0.1, 0.15) is 5.69 Å². The second-order valence-corrected chi connectivity index (χ2v) is 2.60. The number of aldehydes is 1. The van der Waals surface area contributed by atoms with Crippen LogP contribution in [0.2, 0.25) is 0 Å². The Bertz CT molecular complexity index is 301. The fraction of sp³-hybridized carbons (Fsp3) is 0.429. The number of nitrogens with zero attached hydrogens (tertiary/aromatic N) is 1. The van der Waals surface area contributed by atoms with Crippen molar-refractivity contribution in [3.8, 4) is 0 Å². The highest BCUT2D eigenvalue weighted by atomic mass is 19.3. The number of alkyl halides is 2. The van der Waals surface area contributed by atoms with Crippen molar-refractivity contribution in [2.45, 2.75) is 19.8 Å². The normalized spacial score (nSPS) is 11.7. The number of nitrogens with one attached hydrogen (secondary N) is 1. The van der Waals surface area contributed by atoms with Gasteiger partial charge >= 0.3 is 0 Å². The standard InChI is InChI=1S/C7H8F2N2O/c1-4-6(7(2,8)9)11-5(3-12)10-4/h3H,1-2H3,(H,10,11). The predicted molar refractivity (Wildman–Crippen MR) is 38.3 cm³/mol. The van der Waals surface area contributed by atoms with Gasteiger partial charge in [0.15, 0.2) is 12.1 Å². The highest BCUT2D eigenvalue weighted by Crippen LogP contribution is 2.27. The average molecular weight is 174 g/mol. The molecule has 0 aliphatic carbocycles. The minimum Gasteiger partial charge on any atom is -0.339 e. The Balaban J connectivity index is 3.16. The van der Waals surface area contributed by atoms with E-state index in [1.54, 1.807) is 0 Å². The molecule has 0 fully saturated rings. The van der Waals surface area contributed by atoms with Crippen LogP contribution in [0.4, 0.5) is 8.78 Å². The highest BCUT2D eigenvalue weighted by molar-refractivity contribution is 5.69. The van der Waals surface area contributed by atoms with Gasteiger partial charge in [-0.15, -0.1) is 0 Å².